The molecule has 0 bridgehead atoms. The second kappa shape index (κ2) is 10.6. The number of amides is 1. The first-order valence-electron chi connectivity index (χ1n) is 10.8. The van der Waals surface area contributed by atoms with Crippen LogP contribution < -0.4 is 9.64 Å². The Morgan fingerprint density at radius 1 is 1.00 bits per heavy atom. The Balaban J connectivity index is 1.85. The zero-order valence-corrected chi connectivity index (χ0v) is 18.8. The van der Waals surface area contributed by atoms with Gasteiger partial charge in [0.2, 0.25) is 5.91 Å². The summed E-state index contributed by atoms with van der Waals surface area (Å²) in [5, 5.41) is 9.18. The molecule has 0 fully saturated rings. The van der Waals surface area contributed by atoms with Crippen molar-refractivity contribution in [1.29, 1.82) is 0 Å². The Morgan fingerprint density at radius 2 is 1.75 bits per heavy atom. The number of rotatable bonds is 9. The fourth-order valence-corrected chi connectivity index (χ4v) is 3.66. The molecule has 1 amide bonds. The highest BCUT2D eigenvalue weighted by Crippen LogP contribution is 2.27. The van der Waals surface area contributed by atoms with Gasteiger partial charge in [-0.25, -0.2) is 4.79 Å². The second-order valence-corrected chi connectivity index (χ2v) is 7.82. The number of nitrogens with zero attached hydrogens (tertiary/aromatic N) is 1. The second-order valence-electron chi connectivity index (χ2n) is 7.82. The number of carboxylic acids is 1. The predicted octanol–water partition coefficient (Wildman–Crippen LogP) is 6.09. The molecule has 5 heteroatoms. The van der Waals surface area contributed by atoms with Crippen molar-refractivity contribution in [1.82, 2.24) is 0 Å². The van der Waals surface area contributed by atoms with Gasteiger partial charge in [0.15, 0.2) is 0 Å². The standard InChI is InChI=1S/C27H29NO4/c1-4-5-9-26(29)28(23-7-6-8-24(17-23)32-3)18-20-10-12-21(13-11-20)25-15-14-22(27(30)31)16-19(25)2/h6-8,10-17H,4-5,9,18H2,1-3H3,(H,30,31). The van der Waals surface area contributed by atoms with Gasteiger partial charge in [-0.3, -0.25) is 4.79 Å². The largest absolute Gasteiger partial charge is 0.497 e. The lowest BCUT2D eigenvalue weighted by atomic mass is 9.97. The number of hydrogen-bond acceptors (Lipinski definition) is 3. The maximum Gasteiger partial charge on any atom is 0.335 e. The van der Waals surface area contributed by atoms with Crippen molar-refractivity contribution in [3.05, 3.63) is 83.4 Å². The van der Waals surface area contributed by atoms with E-state index in [1.165, 1.54) is 0 Å². The highest BCUT2D eigenvalue weighted by Gasteiger charge is 2.17. The van der Waals surface area contributed by atoms with Crippen LogP contribution in [-0.2, 0) is 11.3 Å². The van der Waals surface area contributed by atoms with E-state index in [1.807, 2.05) is 61.5 Å². The van der Waals surface area contributed by atoms with Crippen LogP contribution in [0.3, 0.4) is 0 Å². The van der Waals surface area contributed by atoms with Gasteiger partial charge in [0, 0.05) is 18.2 Å². The Hall–Kier alpha value is -3.60. The van der Waals surface area contributed by atoms with Gasteiger partial charge < -0.3 is 14.7 Å². The van der Waals surface area contributed by atoms with Crippen molar-refractivity contribution in [2.75, 3.05) is 12.0 Å². The number of benzene rings is 3. The van der Waals surface area contributed by atoms with Gasteiger partial charge in [-0.1, -0.05) is 49.7 Å². The first kappa shape index (κ1) is 23.1. The molecule has 0 aromatic heterocycles. The molecule has 166 valence electrons. The molecule has 0 atom stereocenters. The van der Waals surface area contributed by atoms with E-state index >= 15 is 0 Å². The van der Waals surface area contributed by atoms with Gasteiger partial charge in [-0.2, -0.15) is 0 Å². The molecule has 3 rings (SSSR count). The van der Waals surface area contributed by atoms with Crippen LogP contribution >= 0.6 is 0 Å². The lowest BCUT2D eigenvalue weighted by molar-refractivity contribution is -0.118. The van der Waals surface area contributed by atoms with Crippen LogP contribution in [0, 0.1) is 6.92 Å². The van der Waals surface area contributed by atoms with Gasteiger partial charge in [-0.15, -0.1) is 0 Å². The fraction of sp³-hybridized carbons (Fsp3) is 0.259. The van der Waals surface area contributed by atoms with Gasteiger partial charge >= 0.3 is 5.97 Å². The Kier molecular flexibility index (Phi) is 7.66. The SMILES string of the molecule is CCCCC(=O)N(Cc1ccc(-c2ccc(C(=O)O)cc2C)cc1)c1cccc(OC)c1. The minimum absolute atomic E-state index is 0.0873. The maximum atomic E-state index is 13.0. The molecule has 5 nitrogen and oxygen atoms in total. The molecule has 3 aromatic carbocycles. The van der Waals surface area contributed by atoms with E-state index in [4.69, 9.17) is 4.74 Å². The van der Waals surface area contributed by atoms with E-state index in [9.17, 15) is 14.7 Å². The van der Waals surface area contributed by atoms with Crippen molar-refractivity contribution >= 4 is 17.6 Å². The van der Waals surface area contributed by atoms with Gasteiger partial charge in [0.25, 0.3) is 0 Å². The number of anilines is 1. The summed E-state index contributed by atoms with van der Waals surface area (Å²) in [6, 6.07) is 20.8. The van der Waals surface area contributed by atoms with E-state index < -0.39 is 5.97 Å². The summed E-state index contributed by atoms with van der Waals surface area (Å²) in [7, 11) is 1.62. The first-order valence-corrected chi connectivity index (χ1v) is 10.8. The number of carboxylic acid groups (broad SMARTS) is 1. The monoisotopic (exact) mass is 431 g/mol. The quantitative estimate of drug-likeness (QED) is 0.445. The summed E-state index contributed by atoms with van der Waals surface area (Å²) in [4.78, 5) is 26.0. The van der Waals surface area contributed by atoms with Crippen molar-refractivity contribution in [3.63, 3.8) is 0 Å². The molecular formula is C27H29NO4. The highest BCUT2D eigenvalue weighted by molar-refractivity contribution is 5.93. The van der Waals surface area contributed by atoms with E-state index in [-0.39, 0.29) is 11.5 Å². The summed E-state index contributed by atoms with van der Waals surface area (Å²) in [6.45, 7) is 4.45. The molecule has 0 saturated carbocycles. The molecule has 0 radical (unpaired) electrons. The third-order valence-electron chi connectivity index (χ3n) is 5.49. The normalized spacial score (nSPS) is 10.6. The third-order valence-corrected chi connectivity index (χ3v) is 5.49. The average Bonchev–Trinajstić information content (AvgIpc) is 2.81. The molecule has 0 aliphatic heterocycles. The fourth-order valence-electron chi connectivity index (χ4n) is 3.66. The van der Waals surface area contributed by atoms with Crippen LogP contribution in [0.15, 0.2) is 66.7 Å². The van der Waals surface area contributed by atoms with Crippen LogP contribution in [-0.4, -0.2) is 24.1 Å². The van der Waals surface area contributed by atoms with Crippen LogP contribution in [0.4, 0.5) is 5.69 Å². The zero-order chi connectivity index (χ0) is 23.1. The molecule has 0 aliphatic rings. The number of carbonyl (C=O) groups is 2. The molecule has 0 unspecified atom stereocenters. The Labute approximate surface area is 189 Å². The molecule has 3 aromatic rings. The minimum atomic E-state index is -0.930. The summed E-state index contributed by atoms with van der Waals surface area (Å²) in [5.74, 6) is -0.129. The molecule has 32 heavy (non-hydrogen) atoms. The smallest absolute Gasteiger partial charge is 0.335 e. The highest BCUT2D eigenvalue weighted by atomic mass is 16.5. The molecule has 0 spiro atoms. The van der Waals surface area contributed by atoms with E-state index in [1.54, 1.807) is 24.1 Å². The van der Waals surface area contributed by atoms with E-state index in [0.717, 1.165) is 40.8 Å². The van der Waals surface area contributed by atoms with Gasteiger partial charge in [-0.05, 0) is 59.9 Å². The van der Waals surface area contributed by atoms with Crippen molar-refractivity contribution in [3.8, 4) is 16.9 Å². The van der Waals surface area contributed by atoms with Crippen molar-refractivity contribution < 1.29 is 19.4 Å². The predicted molar refractivity (Wildman–Crippen MR) is 127 cm³/mol. The summed E-state index contributed by atoms with van der Waals surface area (Å²) < 4.78 is 5.34. The first-order chi connectivity index (χ1) is 15.4. The lowest BCUT2D eigenvalue weighted by Crippen LogP contribution is -2.30. The summed E-state index contributed by atoms with van der Waals surface area (Å²) >= 11 is 0. The number of ether oxygens (including phenoxy) is 1. The number of aryl methyl sites for hydroxylation is 1. The average molecular weight is 432 g/mol. The van der Waals surface area contributed by atoms with Crippen molar-refractivity contribution in [2.45, 2.75) is 39.7 Å². The summed E-state index contributed by atoms with van der Waals surface area (Å²) in [6.07, 6.45) is 2.32. The number of aromatic carboxylic acids is 1. The van der Waals surface area contributed by atoms with E-state index in [0.29, 0.717) is 18.7 Å². The Morgan fingerprint density at radius 3 is 2.38 bits per heavy atom. The number of methoxy groups -OCH3 is 1. The topological polar surface area (TPSA) is 66.8 Å². The molecule has 1 N–H and O–H groups in total. The maximum absolute atomic E-state index is 13.0. The zero-order valence-electron chi connectivity index (χ0n) is 18.8. The lowest BCUT2D eigenvalue weighted by Gasteiger charge is -2.24. The molecule has 0 aliphatic carbocycles. The molecule has 0 saturated heterocycles. The number of hydrogen-bond donors (Lipinski definition) is 1. The van der Waals surface area contributed by atoms with Gasteiger partial charge in [0.05, 0.1) is 19.2 Å². The van der Waals surface area contributed by atoms with E-state index in [2.05, 4.69) is 6.92 Å². The number of unbranched alkanes of at least 4 members (excludes halogenated alkanes) is 1. The van der Waals surface area contributed by atoms with Crippen LogP contribution in [0.2, 0.25) is 0 Å². The van der Waals surface area contributed by atoms with Crippen LogP contribution in [0.1, 0.15) is 47.7 Å². The van der Waals surface area contributed by atoms with Crippen molar-refractivity contribution in [2.24, 2.45) is 0 Å². The van der Waals surface area contributed by atoms with Crippen LogP contribution in [0.5, 0.6) is 5.75 Å². The van der Waals surface area contributed by atoms with Gasteiger partial charge in [0.1, 0.15) is 5.75 Å². The molecular weight excluding hydrogens is 402 g/mol. The summed E-state index contributed by atoms with van der Waals surface area (Å²) in [5.41, 5.74) is 5.02. The minimum Gasteiger partial charge on any atom is -0.497 e. The van der Waals surface area contributed by atoms with Crippen LogP contribution in [0.25, 0.3) is 11.1 Å². The number of carbonyl (C=O) groups excluding carboxylic acids is 1. The molecule has 0 heterocycles. The Bertz CT molecular complexity index is 1090. The third kappa shape index (κ3) is 5.55.